The summed E-state index contributed by atoms with van der Waals surface area (Å²) in [5.41, 5.74) is 5.66. The molecule has 3 aromatic carbocycles. The van der Waals surface area contributed by atoms with Gasteiger partial charge in [0.25, 0.3) is 0 Å². The van der Waals surface area contributed by atoms with E-state index in [0.717, 1.165) is 39.8 Å². The first kappa shape index (κ1) is 24.6. The van der Waals surface area contributed by atoms with Gasteiger partial charge in [-0.2, -0.15) is 0 Å². The minimum absolute atomic E-state index is 0.167. The molecule has 35 heavy (non-hydrogen) atoms. The Hall–Kier alpha value is -3.57. The van der Waals surface area contributed by atoms with Crippen molar-refractivity contribution in [1.29, 1.82) is 0 Å². The molecule has 0 fully saturated rings. The molecule has 0 aliphatic rings. The molecule has 4 aromatic rings. The summed E-state index contributed by atoms with van der Waals surface area (Å²) in [5, 5.41) is 7.61. The molecule has 180 valence electrons. The second-order valence-corrected chi connectivity index (χ2v) is 9.15. The molecule has 0 bridgehead atoms. The molecule has 0 unspecified atom stereocenters. The zero-order chi connectivity index (χ0) is 24.9. The maximum Gasteiger partial charge on any atom is 0.247 e. The molecule has 1 heterocycles. The Morgan fingerprint density at radius 3 is 2.26 bits per heavy atom. The van der Waals surface area contributed by atoms with Crippen molar-refractivity contribution < 1.29 is 9.59 Å². The van der Waals surface area contributed by atoms with E-state index in [2.05, 4.69) is 22.1 Å². The Labute approximate surface area is 211 Å². The average molecular weight is 488 g/mol. The van der Waals surface area contributed by atoms with Crippen molar-refractivity contribution in [2.75, 3.05) is 5.32 Å². The lowest BCUT2D eigenvalue weighted by atomic mass is 10.0. The quantitative estimate of drug-likeness (QED) is 0.328. The van der Waals surface area contributed by atoms with Crippen molar-refractivity contribution in [3.05, 3.63) is 100 Å². The Kier molecular flexibility index (Phi) is 7.57. The minimum Gasteiger partial charge on any atom is -0.344 e. The summed E-state index contributed by atoms with van der Waals surface area (Å²) in [5.74, 6) is -0.452. The summed E-state index contributed by atoms with van der Waals surface area (Å²) in [7, 11) is 0. The zero-order valence-electron chi connectivity index (χ0n) is 20.3. The van der Waals surface area contributed by atoms with Crippen LogP contribution in [0.5, 0.6) is 0 Å². The molecule has 2 N–H and O–H groups in total. The zero-order valence-corrected chi connectivity index (χ0v) is 21.0. The van der Waals surface area contributed by atoms with Crippen LogP contribution in [0.2, 0.25) is 5.02 Å². The smallest absolute Gasteiger partial charge is 0.247 e. The summed E-state index contributed by atoms with van der Waals surface area (Å²) >= 11 is 6.55. The third kappa shape index (κ3) is 5.41. The number of anilines is 1. The Balaban J connectivity index is 1.61. The van der Waals surface area contributed by atoms with Gasteiger partial charge in [0.15, 0.2) is 0 Å². The number of nitrogens with zero attached hydrogens (tertiary/aromatic N) is 1. The number of para-hydroxylation sites is 1. The van der Waals surface area contributed by atoms with Crippen molar-refractivity contribution in [1.82, 2.24) is 9.88 Å². The van der Waals surface area contributed by atoms with E-state index < -0.39 is 6.04 Å². The fourth-order valence-electron chi connectivity index (χ4n) is 4.65. The van der Waals surface area contributed by atoms with Crippen LogP contribution in [0.4, 0.5) is 5.69 Å². The molecule has 4 rings (SSSR count). The first-order chi connectivity index (χ1) is 16.9. The highest BCUT2D eigenvalue weighted by atomic mass is 35.5. The number of carbonyl (C=O) groups excluding carboxylic acids is 2. The fourth-order valence-corrected chi connectivity index (χ4v) is 4.91. The van der Waals surface area contributed by atoms with E-state index >= 15 is 0 Å². The molecular formula is C29H30ClN3O2. The molecule has 1 atom stereocenters. The maximum absolute atomic E-state index is 13.3. The van der Waals surface area contributed by atoms with Gasteiger partial charge in [-0.05, 0) is 55.7 Å². The molecule has 0 saturated heterocycles. The van der Waals surface area contributed by atoms with Crippen molar-refractivity contribution in [3.63, 3.8) is 0 Å². The van der Waals surface area contributed by atoms with Crippen molar-refractivity contribution in [2.24, 2.45) is 0 Å². The summed E-state index contributed by atoms with van der Waals surface area (Å²) in [6.07, 6.45) is 0.562. The van der Waals surface area contributed by atoms with Crippen LogP contribution in [0.15, 0.2) is 72.8 Å². The largest absolute Gasteiger partial charge is 0.344 e. The Bertz CT molecular complexity index is 1350. The van der Waals surface area contributed by atoms with E-state index in [1.54, 1.807) is 0 Å². The van der Waals surface area contributed by atoms with Crippen molar-refractivity contribution in [3.8, 4) is 0 Å². The molecule has 0 saturated carbocycles. The standard InChI is InChI=1S/C29H30ClN3O2/c1-4-33-20(3)23(27-19(2)15-16-24(30)28(27)33)18-26(34)32-25(17-21-11-7-5-8-12-21)29(35)31-22-13-9-6-10-14-22/h5-16,25H,4,17-18H2,1-3H3,(H,31,35)(H,32,34)/t25-/m0/s1. The van der Waals surface area contributed by atoms with Crippen LogP contribution in [0.3, 0.4) is 0 Å². The number of benzene rings is 3. The van der Waals surface area contributed by atoms with Gasteiger partial charge >= 0.3 is 0 Å². The third-order valence-electron chi connectivity index (χ3n) is 6.38. The van der Waals surface area contributed by atoms with Crippen molar-refractivity contribution in [2.45, 2.75) is 46.2 Å². The monoisotopic (exact) mass is 487 g/mol. The molecule has 2 amide bonds. The number of nitrogens with one attached hydrogen (secondary N) is 2. The molecule has 0 aliphatic carbocycles. The lowest BCUT2D eigenvalue weighted by molar-refractivity contribution is -0.126. The highest BCUT2D eigenvalue weighted by molar-refractivity contribution is 6.35. The topological polar surface area (TPSA) is 63.1 Å². The van der Waals surface area contributed by atoms with Gasteiger partial charge in [0.1, 0.15) is 6.04 Å². The number of carbonyl (C=O) groups is 2. The van der Waals surface area contributed by atoms with Crippen LogP contribution in [0, 0.1) is 13.8 Å². The van der Waals surface area contributed by atoms with Gasteiger partial charge in [0.05, 0.1) is 17.0 Å². The Morgan fingerprint density at radius 2 is 1.60 bits per heavy atom. The lowest BCUT2D eigenvalue weighted by Crippen LogP contribution is -2.45. The maximum atomic E-state index is 13.3. The molecule has 6 heteroatoms. The van der Waals surface area contributed by atoms with Crippen LogP contribution in [0.25, 0.3) is 10.9 Å². The number of amides is 2. The first-order valence-corrected chi connectivity index (χ1v) is 12.2. The lowest BCUT2D eigenvalue weighted by Gasteiger charge is -2.19. The summed E-state index contributed by atoms with van der Waals surface area (Å²) in [6.45, 7) is 6.87. The second kappa shape index (κ2) is 10.8. The van der Waals surface area contributed by atoms with Gasteiger partial charge in [-0.1, -0.05) is 66.2 Å². The van der Waals surface area contributed by atoms with E-state index in [0.29, 0.717) is 17.1 Å². The molecule has 0 spiro atoms. The average Bonchev–Trinajstić information content (AvgIpc) is 3.14. The molecular weight excluding hydrogens is 458 g/mol. The van der Waals surface area contributed by atoms with Gasteiger partial charge in [0, 0.05) is 29.7 Å². The number of hydrogen-bond donors (Lipinski definition) is 2. The highest BCUT2D eigenvalue weighted by Gasteiger charge is 2.24. The minimum atomic E-state index is -0.713. The van der Waals surface area contributed by atoms with Crippen LogP contribution < -0.4 is 10.6 Å². The van der Waals surface area contributed by atoms with Crippen LogP contribution in [0.1, 0.15) is 29.3 Å². The number of aryl methyl sites for hydroxylation is 2. The predicted octanol–water partition coefficient (Wildman–Crippen LogP) is 5.84. The number of hydrogen-bond acceptors (Lipinski definition) is 2. The molecule has 1 aromatic heterocycles. The van der Waals surface area contributed by atoms with E-state index in [1.807, 2.05) is 86.6 Å². The highest BCUT2D eigenvalue weighted by Crippen LogP contribution is 2.34. The molecule has 0 radical (unpaired) electrons. The third-order valence-corrected chi connectivity index (χ3v) is 6.68. The fraction of sp³-hybridized carbons (Fsp3) is 0.241. The van der Waals surface area contributed by atoms with Crippen LogP contribution in [-0.4, -0.2) is 22.4 Å². The second-order valence-electron chi connectivity index (χ2n) is 8.74. The van der Waals surface area contributed by atoms with Gasteiger partial charge in [-0.15, -0.1) is 0 Å². The van der Waals surface area contributed by atoms with E-state index in [-0.39, 0.29) is 18.2 Å². The van der Waals surface area contributed by atoms with Gasteiger partial charge in [-0.3, -0.25) is 9.59 Å². The first-order valence-electron chi connectivity index (χ1n) is 11.8. The predicted molar refractivity (Wildman–Crippen MR) is 143 cm³/mol. The van der Waals surface area contributed by atoms with E-state index in [1.165, 1.54) is 0 Å². The summed E-state index contributed by atoms with van der Waals surface area (Å²) in [6, 6.07) is 22.1. The van der Waals surface area contributed by atoms with Gasteiger partial charge in [0.2, 0.25) is 11.8 Å². The summed E-state index contributed by atoms with van der Waals surface area (Å²) in [4.78, 5) is 26.5. The van der Waals surface area contributed by atoms with Crippen LogP contribution >= 0.6 is 11.6 Å². The summed E-state index contributed by atoms with van der Waals surface area (Å²) < 4.78 is 2.15. The number of rotatable bonds is 8. The molecule has 0 aliphatic heterocycles. The normalized spacial score (nSPS) is 11.9. The molecule has 5 nitrogen and oxygen atoms in total. The number of aromatic nitrogens is 1. The van der Waals surface area contributed by atoms with Gasteiger partial charge < -0.3 is 15.2 Å². The van der Waals surface area contributed by atoms with Crippen molar-refractivity contribution >= 4 is 40.0 Å². The SMILES string of the molecule is CCn1c(C)c(CC(=O)N[C@@H](Cc2ccccc2)C(=O)Nc2ccccc2)c2c(C)ccc(Cl)c21. The van der Waals surface area contributed by atoms with E-state index in [4.69, 9.17) is 11.6 Å². The van der Waals surface area contributed by atoms with Gasteiger partial charge in [-0.25, -0.2) is 0 Å². The Morgan fingerprint density at radius 1 is 0.943 bits per heavy atom. The number of halogens is 1. The number of fused-ring (bicyclic) bond motifs is 1. The van der Waals surface area contributed by atoms with E-state index in [9.17, 15) is 9.59 Å². The van der Waals surface area contributed by atoms with Crippen LogP contribution in [-0.2, 0) is 29.0 Å².